The zero-order valence-corrected chi connectivity index (χ0v) is 13.2. The van der Waals surface area contributed by atoms with E-state index in [1.54, 1.807) is 0 Å². The summed E-state index contributed by atoms with van der Waals surface area (Å²) >= 11 is 0. The third-order valence-corrected chi connectivity index (χ3v) is 5.14. The summed E-state index contributed by atoms with van der Waals surface area (Å²) in [4.78, 5) is 14.9. The van der Waals surface area contributed by atoms with Crippen molar-refractivity contribution in [3.8, 4) is 0 Å². The molecule has 0 N–H and O–H groups in total. The maximum atomic E-state index is 13.0. The maximum Gasteiger partial charge on any atom is 0.257 e. The van der Waals surface area contributed by atoms with Crippen molar-refractivity contribution >= 4 is 16.7 Å². The van der Waals surface area contributed by atoms with Gasteiger partial charge in [-0.25, -0.2) is 0 Å². The lowest BCUT2D eigenvalue weighted by molar-refractivity contribution is -0.136. The minimum atomic E-state index is -0.799. The number of amides is 1. The van der Waals surface area contributed by atoms with Crippen LogP contribution in [0, 0.1) is 0 Å². The average Bonchev–Trinajstić information content (AvgIpc) is 2.92. The molecular weight excluding hydrogens is 298 g/mol. The fourth-order valence-corrected chi connectivity index (χ4v) is 4.15. The van der Waals surface area contributed by atoms with Gasteiger partial charge >= 0.3 is 0 Å². The van der Waals surface area contributed by atoms with E-state index in [0.717, 1.165) is 40.4 Å². The molecular formula is C21H17NO2. The first-order valence-electron chi connectivity index (χ1n) is 8.36. The normalized spacial score (nSPS) is 22.5. The van der Waals surface area contributed by atoms with Crippen molar-refractivity contribution in [2.75, 3.05) is 13.2 Å². The topological polar surface area (TPSA) is 29.5 Å². The van der Waals surface area contributed by atoms with Crippen LogP contribution in [0.5, 0.6) is 0 Å². The lowest BCUT2D eigenvalue weighted by Crippen LogP contribution is -2.51. The predicted octanol–water partition coefficient (Wildman–Crippen LogP) is 3.92. The van der Waals surface area contributed by atoms with E-state index in [0.29, 0.717) is 6.61 Å². The van der Waals surface area contributed by atoms with E-state index in [4.69, 9.17) is 4.74 Å². The molecule has 3 heteroatoms. The molecule has 3 aromatic rings. The van der Waals surface area contributed by atoms with Crippen LogP contribution >= 0.6 is 0 Å². The number of hydrogen-bond donors (Lipinski definition) is 0. The Balaban J connectivity index is 1.88. The van der Waals surface area contributed by atoms with Gasteiger partial charge in [-0.2, -0.15) is 0 Å². The standard InChI is InChI=1S/C21H17NO2/c23-20-17-10-3-4-11-19(17)21(22(20)13-6-14-24-21)18-12-5-8-15-7-1-2-9-16(15)18/h1-5,7-12H,6,13-14H2. The molecule has 3 aromatic carbocycles. The van der Waals surface area contributed by atoms with Gasteiger partial charge in [0.15, 0.2) is 5.72 Å². The molecule has 24 heavy (non-hydrogen) atoms. The summed E-state index contributed by atoms with van der Waals surface area (Å²) in [6.45, 7) is 1.37. The van der Waals surface area contributed by atoms with Crippen molar-refractivity contribution in [2.45, 2.75) is 12.1 Å². The number of nitrogens with zero attached hydrogens (tertiary/aromatic N) is 1. The van der Waals surface area contributed by atoms with Gasteiger partial charge in [0.2, 0.25) is 0 Å². The highest BCUT2D eigenvalue weighted by atomic mass is 16.5. The van der Waals surface area contributed by atoms with Gasteiger partial charge in [-0.1, -0.05) is 60.7 Å². The van der Waals surface area contributed by atoms with Crippen LogP contribution in [-0.4, -0.2) is 24.0 Å². The molecule has 0 spiro atoms. The van der Waals surface area contributed by atoms with E-state index in [1.807, 2.05) is 47.4 Å². The highest BCUT2D eigenvalue weighted by molar-refractivity contribution is 6.01. The molecule has 0 aliphatic carbocycles. The first kappa shape index (κ1) is 13.8. The Morgan fingerprint density at radius 1 is 0.875 bits per heavy atom. The van der Waals surface area contributed by atoms with E-state index >= 15 is 0 Å². The summed E-state index contributed by atoms with van der Waals surface area (Å²) in [6, 6.07) is 22.4. The third kappa shape index (κ3) is 1.62. The number of carbonyl (C=O) groups excluding carboxylic acids is 1. The van der Waals surface area contributed by atoms with Gasteiger partial charge in [0.1, 0.15) is 0 Å². The second kappa shape index (κ2) is 4.92. The van der Waals surface area contributed by atoms with Gasteiger partial charge in [-0.05, 0) is 23.3 Å². The highest BCUT2D eigenvalue weighted by Gasteiger charge is 2.53. The van der Waals surface area contributed by atoms with Crippen LogP contribution in [0.15, 0.2) is 66.7 Å². The smallest absolute Gasteiger partial charge is 0.257 e. The van der Waals surface area contributed by atoms with E-state index < -0.39 is 5.72 Å². The molecule has 0 aromatic heterocycles. The average molecular weight is 315 g/mol. The monoisotopic (exact) mass is 315 g/mol. The van der Waals surface area contributed by atoms with Gasteiger partial charge in [-0.15, -0.1) is 0 Å². The molecule has 1 unspecified atom stereocenters. The molecule has 2 aliphatic heterocycles. The van der Waals surface area contributed by atoms with Gasteiger partial charge in [0.25, 0.3) is 5.91 Å². The summed E-state index contributed by atoms with van der Waals surface area (Å²) < 4.78 is 6.39. The molecule has 1 atom stereocenters. The minimum absolute atomic E-state index is 0.0678. The first-order chi connectivity index (χ1) is 11.8. The molecule has 0 radical (unpaired) electrons. The minimum Gasteiger partial charge on any atom is -0.347 e. The van der Waals surface area contributed by atoms with Crippen molar-refractivity contribution in [1.82, 2.24) is 4.90 Å². The van der Waals surface area contributed by atoms with Crippen LogP contribution in [0.4, 0.5) is 0 Å². The van der Waals surface area contributed by atoms with Crippen LogP contribution in [0.25, 0.3) is 10.8 Å². The highest BCUT2D eigenvalue weighted by Crippen LogP contribution is 2.48. The number of rotatable bonds is 1. The molecule has 3 nitrogen and oxygen atoms in total. The van der Waals surface area contributed by atoms with Crippen molar-refractivity contribution in [3.05, 3.63) is 83.4 Å². The second-order valence-electron chi connectivity index (χ2n) is 6.38. The largest absolute Gasteiger partial charge is 0.347 e. The van der Waals surface area contributed by atoms with Gasteiger partial charge in [0.05, 0.1) is 6.61 Å². The summed E-state index contributed by atoms with van der Waals surface area (Å²) in [5.74, 6) is 0.0678. The van der Waals surface area contributed by atoms with E-state index in [1.165, 1.54) is 0 Å². The van der Waals surface area contributed by atoms with Crippen LogP contribution in [-0.2, 0) is 10.5 Å². The van der Waals surface area contributed by atoms with Crippen molar-refractivity contribution in [1.29, 1.82) is 0 Å². The van der Waals surface area contributed by atoms with E-state index in [9.17, 15) is 4.79 Å². The van der Waals surface area contributed by atoms with Crippen LogP contribution in [0.3, 0.4) is 0 Å². The second-order valence-corrected chi connectivity index (χ2v) is 6.38. The lowest BCUT2D eigenvalue weighted by Gasteiger charge is -2.43. The van der Waals surface area contributed by atoms with E-state index in [-0.39, 0.29) is 5.91 Å². The Bertz CT molecular complexity index is 959. The molecule has 2 heterocycles. The Morgan fingerprint density at radius 2 is 1.62 bits per heavy atom. The SMILES string of the molecule is O=C1c2ccccc2C2(c3cccc4ccccc34)OCCCN12. The number of fused-ring (bicyclic) bond motifs is 4. The zero-order valence-electron chi connectivity index (χ0n) is 13.2. The molecule has 1 amide bonds. The van der Waals surface area contributed by atoms with Crippen LogP contribution < -0.4 is 0 Å². The molecule has 0 saturated carbocycles. The quantitative estimate of drug-likeness (QED) is 0.681. The summed E-state index contributed by atoms with van der Waals surface area (Å²) in [6.07, 6.45) is 0.867. The number of ether oxygens (including phenoxy) is 1. The molecule has 118 valence electrons. The Hall–Kier alpha value is -2.65. The van der Waals surface area contributed by atoms with Gasteiger partial charge in [-0.3, -0.25) is 4.79 Å². The number of carbonyl (C=O) groups is 1. The van der Waals surface area contributed by atoms with Crippen molar-refractivity contribution < 1.29 is 9.53 Å². The first-order valence-corrected chi connectivity index (χ1v) is 8.36. The third-order valence-electron chi connectivity index (χ3n) is 5.14. The molecule has 1 saturated heterocycles. The fourth-order valence-electron chi connectivity index (χ4n) is 4.15. The molecule has 5 rings (SSSR count). The van der Waals surface area contributed by atoms with Crippen molar-refractivity contribution in [3.63, 3.8) is 0 Å². The van der Waals surface area contributed by atoms with E-state index in [2.05, 4.69) is 24.3 Å². The molecule has 1 fully saturated rings. The fraction of sp³-hybridized carbons (Fsp3) is 0.190. The maximum absolute atomic E-state index is 13.0. The summed E-state index contributed by atoms with van der Waals surface area (Å²) in [7, 11) is 0. The molecule has 2 aliphatic rings. The summed E-state index contributed by atoms with van der Waals surface area (Å²) in [5.41, 5.74) is 1.98. The van der Waals surface area contributed by atoms with Crippen LogP contribution in [0.1, 0.15) is 27.9 Å². The Labute approximate surface area is 140 Å². The lowest BCUT2D eigenvalue weighted by atomic mass is 9.89. The van der Waals surface area contributed by atoms with Gasteiger partial charge in [0, 0.05) is 23.2 Å². The summed E-state index contributed by atoms with van der Waals surface area (Å²) in [5, 5.41) is 2.30. The number of benzene rings is 3. The number of hydrogen-bond acceptors (Lipinski definition) is 2. The zero-order chi connectivity index (χ0) is 16.1. The van der Waals surface area contributed by atoms with Crippen LogP contribution in [0.2, 0.25) is 0 Å². The Morgan fingerprint density at radius 3 is 2.58 bits per heavy atom. The van der Waals surface area contributed by atoms with Crippen molar-refractivity contribution in [2.24, 2.45) is 0 Å². The molecule has 0 bridgehead atoms. The predicted molar refractivity (Wildman–Crippen MR) is 92.8 cm³/mol. The van der Waals surface area contributed by atoms with Gasteiger partial charge < -0.3 is 9.64 Å². The Kier molecular flexibility index (Phi) is 2.82.